The van der Waals surface area contributed by atoms with E-state index in [1.54, 1.807) is 12.3 Å². The summed E-state index contributed by atoms with van der Waals surface area (Å²) < 4.78 is 13.5. The third-order valence-electron chi connectivity index (χ3n) is 3.08. The number of benzene rings is 1. The molecule has 0 aliphatic rings. The monoisotopic (exact) mass is 244 g/mol. The van der Waals surface area contributed by atoms with Crippen molar-refractivity contribution in [3.05, 3.63) is 64.7 Å². The van der Waals surface area contributed by atoms with E-state index < -0.39 is 0 Å². The molecule has 1 aromatic heterocycles. The molecule has 0 aliphatic carbocycles. The van der Waals surface area contributed by atoms with E-state index in [0.29, 0.717) is 0 Å². The average Bonchev–Trinajstić information content (AvgIpc) is 2.31. The van der Waals surface area contributed by atoms with E-state index in [1.807, 2.05) is 39.2 Å². The highest BCUT2D eigenvalue weighted by atomic mass is 19.1. The van der Waals surface area contributed by atoms with Crippen molar-refractivity contribution in [3.63, 3.8) is 0 Å². The summed E-state index contributed by atoms with van der Waals surface area (Å²) in [5, 5.41) is 3.22. The zero-order valence-electron chi connectivity index (χ0n) is 10.9. The summed E-state index contributed by atoms with van der Waals surface area (Å²) in [6.07, 6.45) is 3.60. The minimum absolute atomic E-state index is 0.0342. The fraction of sp³-hybridized carbons (Fsp3) is 0.267. The molecule has 2 aromatic rings. The standard InChI is InChI=1S/C15H17FN2/c1-10-6-12(8-13(16)7-10)15(17-3)14-9-18-5-4-11(14)2/h4-9,15,17H,1-3H3. The second-order valence-electron chi connectivity index (χ2n) is 4.52. The van der Waals surface area contributed by atoms with E-state index in [2.05, 4.69) is 10.3 Å². The molecule has 94 valence electrons. The summed E-state index contributed by atoms with van der Waals surface area (Å²) >= 11 is 0. The zero-order chi connectivity index (χ0) is 13.1. The smallest absolute Gasteiger partial charge is 0.123 e. The highest BCUT2D eigenvalue weighted by Crippen LogP contribution is 2.25. The van der Waals surface area contributed by atoms with Gasteiger partial charge in [0.2, 0.25) is 0 Å². The number of halogens is 1. The van der Waals surface area contributed by atoms with Crippen LogP contribution in [-0.2, 0) is 0 Å². The Morgan fingerprint density at radius 1 is 1.22 bits per heavy atom. The molecule has 0 saturated heterocycles. The number of aryl methyl sites for hydroxylation is 2. The maximum Gasteiger partial charge on any atom is 0.123 e. The summed E-state index contributed by atoms with van der Waals surface area (Å²) in [7, 11) is 1.87. The Hall–Kier alpha value is -1.74. The van der Waals surface area contributed by atoms with Crippen molar-refractivity contribution in [3.8, 4) is 0 Å². The van der Waals surface area contributed by atoms with E-state index >= 15 is 0 Å². The van der Waals surface area contributed by atoms with Crippen molar-refractivity contribution < 1.29 is 4.39 Å². The van der Waals surface area contributed by atoms with Crippen LogP contribution >= 0.6 is 0 Å². The maximum absolute atomic E-state index is 13.5. The van der Waals surface area contributed by atoms with Gasteiger partial charge in [-0.2, -0.15) is 0 Å². The van der Waals surface area contributed by atoms with E-state index in [-0.39, 0.29) is 11.9 Å². The van der Waals surface area contributed by atoms with Gasteiger partial charge in [0.25, 0.3) is 0 Å². The first kappa shape index (κ1) is 12.7. The minimum atomic E-state index is -0.202. The Kier molecular flexibility index (Phi) is 3.72. The quantitative estimate of drug-likeness (QED) is 0.897. The van der Waals surface area contributed by atoms with Crippen LogP contribution in [0.2, 0.25) is 0 Å². The van der Waals surface area contributed by atoms with Gasteiger partial charge in [-0.05, 0) is 61.3 Å². The predicted octanol–water partition coefficient (Wildman–Crippen LogP) is 3.15. The Bertz CT molecular complexity index is 532. The van der Waals surface area contributed by atoms with Gasteiger partial charge >= 0.3 is 0 Å². The van der Waals surface area contributed by atoms with Gasteiger partial charge in [-0.3, -0.25) is 4.98 Å². The van der Waals surface area contributed by atoms with Gasteiger partial charge in [0, 0.05) is 12.4 Å². The Balaban J connectivity index is 2.48. The lowest BCUT2D eigenvalue weighted by Crippen LogP contribution is -2.19. The first-order valence-electron chi connectivity index (χ1n) is 5.96. The molecule has 3 heteroatoms. The number of pyridine rings is 1. The summed E-state index contributed by atoms with van der Waals surface area (Å²) in [6, 6.07) is 7.03. The van der Waals surface area contributed by atoms with Crippen molar-refractivity contribution in [2.45, 2.75) is 19.9 Å². The number of hydrogen-bond donors (Lipinski definition) is 1. The van der Waals surface area contributed by atoms with Crippen molar-refractivity contribution in [2.75, 3.05) is 7.05 Å². The molecule has 0 amide bonds. The molecule has 18 heavy (non-hydrogen) atoms. The van der Waals surface area contributed by atoms with Crippen LogP contribution in [0.5, 0.6) is 0 Å². The lowest BCUT2D eigenvalue weighted by Gasteiger charge is -2.19. The zero-order valence-corrected chi connectivity index (χ0v) is 10.9. The average molecular weight is 244 g/mol. The SMILES string of the molecule is CNC(c1cc(C)cc(F)c1)c1cnccc1C. The van der Waals surface area contributed by atoms with Gasteiger partial charge < -0.3 is 5.32 Å². The largest absolute Gasteiger partial charge is 0.309 e. The molecule has 1 aromatic carbocycles. The summed E-state index contributed by atoms with van der Waals surface area (Å²) in [5.74, 6) is -0.202. The molecule has 1 atom stereocenters. The minimum Gasteiger partial charge on any atom is -0.309 e. The molecule has 1 unspecified atom stereocenters. The first-order chi connectivity index (χ1) is 8.61. The first-order valence-corrected chi connectivity index (χ1v) is 5.96. The highest BCUT2D eigenvalue weighted by molar-refractivity contribution is 5.36. The Labute approximate surface area is 107 Å². The van der Waals surface area contributed by atoms with Crippen LogP contribution in [0.25, 0.3) is 0 Å². The van der Waals surface area contributed by atoms with Gasteiger partial charge in [0.1, 0.15) is 5.82 Å². The van der Waals surface area contributed by atoms with Gasteiger partial charge in [-0.25, -0.2) is 4.39 Å². The van der Waals surface area contributed by atoms with Crippen LogP contribution in [0.4, 0.5) is 4.39 Å². The second-order valence-corrected chi connectivity index (χ2v) is 4.52. The van der Waals surface area contributed by atoms with Gasteiger partial charge in [0.05, 0.1) is 6.04 Å². The van der Waals surface area contributed by atoms with E-state index in [9.17, 15) is 4.39 Å². The van der Waals surface area contributed by atoms with E-state index in [0.717, 1.165) is 22.3 Å². The maximum atomic E-state index is 13.5. The molecule has 0 spiro atoms. The normalized spacial score (nSPS) is 12.4. The molecular weight excluding hydrogens is 227 g/mol. The molecular formula is C15H17FN2. The number of aromatic nitrogens is 1. The van der Waals surface area contributed by atoms with Gasteiger partial charge in [-0.1, -0.05) is 6.07 Å². The molecule has 0 bridgehead atoms. The summed E-state index contributed by atoms with van der Waals surface area (Å²) in [4.78, 5) is 4.15. The molecule has 0 radical (unpaired) electrons. The number of hydrogen-bond acceptors (Lipinski definition) is 2. The molecule has 0 saturated carbocycles. The van der Waals surface area contributed by atoms with Crippen molar-refractivity contribution >= 4 is 0 Å². The molecule has 1 heterocycles. The topological polar surface area (TPSA) is 24.9 Å². The van der Waals surface area contributed by atoms with Crippen LogP contribution in [0.15, 0.2) is 36.7 Å². The van der Waals surface area contributed by atoms with Crippen LogP contribution in [-0.4, -0.2) is 12.0 Å². The van der Waals surface area contributed by atoms with E-state index in [1.165, 1.54) is 6.07 Å². The number of nitrogens with zero attached hydrogens (tertiary/aromatic N) is 1. The molecule has 0 aliphatic heterocycles. The highest BCUT2D eigenvalue weighted by Gasteiger charge is 2.15. The van der Waals surface area contributed by atoms with Crippen LogP contribution in [0, 0.1) is 19.7 Å². The summed E-state index contributed by atoms with van der Waals surface area (Å²) in [5.41, 5.74) is 4.06. The molecule has 2 rings (SSSR count). The molecule has 0 fully saturated rings. The van der Waals surface area contributed by atoms with Crippen LogP contribution in [0.1, 0.15) is 28.3 Å². The van der Waals surface area contributed by atoms with Crippen LogP contribution in [0.3, 0.4) is 0 Å². The fourth-order valence-corrected chi connectivity index (χ4v) is 2.21. The van der Waals surface area contributed by atoms with Crippen molar-refractivity contribution in [2.24, 2.45) is 0 Å². The third-order valence-corrected chi connectivity index (χ3v) is 3.08. The number of nitrogens with one attached hydrogen (secondary N) is 1. The Morgan fingerprint density at radius 3 is 2.61 bits per heavy atom. The molecule has 2 nitrogen and oxygen atoms in total. The van der Waals surface area contributed by atoms with Crippen LogP contribution < -0.4 is 5.32 Å². The van der Waals surface area contributed by atoms with E-state index in [4.69, 9.17) is 0 Å². The fourth-order valence-electron chi connectivity index (χ4n) is 2.21. The van der Waals surface area contributed by atoms with Crippen molar-refractivity contribution in [1.82, 2.24) is 10.3 Å². The van der Waals surface area contributed by atoms with Gasteiger partial charge in [0.15, 0.2) is 0 Å². The lowest BCUT2D eigenvalue weighted by molar-refractivity contribution is 0.614. The third kappa shape index (κ3) is 2.57. The van der Waals surface area contributed by atoms with Gasteiger partial charge in [-0.15, -0.1) is 0 Å². The summed E-state index contributed by atoms with van der Waals surface area (Å²) in [6.45, 7) is 3.93. The molecule has 1 N–H and O–H groups in total. The Morgan fingerprint density at radius 2 is 2.00 bits per heavy atom. The number of rotatable bonds is 3. The van der Waals surface area contributed by atoms with Crippen molar-refractivity contribution in [1.29, 1.82) is 0 Å². The predicted molar refractivity (Wildman–Crippen MR) is 71.0 cm³/mol. The second kappa shape index (κ2) is 5.27. The lowest BCUT2D eigenvalue weighted by atomic mass is 9.95.